The van der Waals surface area contributed by atoms with Crippen LogP contribution in [-0.4, -0.2) is 66.6 Å². The highest BCUT2D eigenvalue weighted by Crippen LogP contribution is 2.27. The summed E-state index contributed by atoms with van der Waals surface area (Å²) in [7, 11) is 0. The third-order valence-electron chi connectivity index (χ3n) is 6.68. The van der Waals surface area contributed by atoms with Gasteiger partial charge in [-0.2, -0.15) is 0 Å². The number of ether oxygens (including phenoxy) is 1. The molecule has 4 rings (SSSR count). The van der Waals surface area contributed by atoms with Gasteiger partial charge in [-0.05, 0) is 50.2 Å². The van der Waals surface area contributed by atoms with Crippen LogP contribution in [0.5, 0.6) is 0 Å². The monoisotopic (exact) mass is 414 g/mol. The van der Waals surface area contributed by atoms with Crippen molar-refractivity contribution in [3.05, 3.63) is 36.1 Å². The molecule has 0 aromatic carbocycles. The van der Waals surface area contributed by atoms with E-state index in [0.29, 0.717) is 32.1 Å². The van der Waals surface area contributed by atoms with Crippen molar-refractivity contribution in [2.24, 2.45) is 17.6 Å². The van der Waals surface area contributed by atoms with Crippen LogP contribution in [0, 0.1) is 11.8 Å². The molecular weight excluding hydrogens is 380 g/mol. The summed E-state index contributed by atoms with van der Waals surface area (Å²) in [5.74, 6) is 1.73. The van der Waals surface area contributed by atoms with Crippen molar-refractivity contribution in [3.8, 4) is 0 Å². The molecule has 7 heteroatoms. The molecule has 1 aliphatic heterocycles. The number of nitrogens with two attached hydrogens (primary N) is 1. The first-order valence-electron chi connectivity index (χ1n) is 11.4. The Kier molecular flexibility index (Phi) is 6.77. The molecule has 4 aliphatic rings. The first-order chi connectivity index (χ1) is 14.6. The highest BCUT2D eigenvalue weighted by atomic mass is 16.5. The van der Waals surface area contributed by atoms with Gasteiger partial charge in [0.1, 0.15) is 5.76 Å². The minimum absolute atomic E-state index is 0.00945. The van der Waals surface area contributed by atoms with Crippen molar-refractivity contribution in [1.82, 2.24) is 15.1 Å². The molecule has 3 amide bonds. The van der Waals surface area contributed by atoms with E-state index in [1.807, 2.05) is 29.2 Å². The topological polar surface area (TPSA) is 87.9 Å². The van der Waals surface area contributed by atoms with Gasteiger partial charge in [0, 0.05) is 32.2 Å². The van der Waals surface area contributed by atoms with Crippen LogP contribution < -0.4 is 11.1 Å². The number of piperazine rings is 1. The van der Waals surface area contributed by atoms with Crippen molar-refractivity contribution in [3.63, 3.8) is 0 Å². The van der Waals surface area contributed by atoms with Gasteiger partial charge in [-0.1, -0.05) is 24.6 Å². The van der Waals surface area contributed by atoms with Gasteiger partial charge in [0.25, 0.3) is 0 Å². The molecule has 3 aliphatic carbocycles. The van der Waals surface area contributed by atoms with E-state index in [2.05, 4.69) is 11.4 Å². The summed E-state index contributed by atoms with van der Waals surface area (Å²) in [4.78, 5) is 29.0. The maximum Gasteiger partial charge on any atom is 0.317 e. The average Bonchev–Trinajstić information content (AvgIpc) is 2.74. The van der Waals surface area contributed by atoms with Crippen molar-refractivity contribution in [1.29, 1.82) is 0 Å². The third kappa shape index (κ3) is 5.25. The Hall–Kier alpha value is -2.28. The molecule has 1 heterocycles. The lowest BCUT2D eigenvalue weighted by atomic mass is 9.86. The van der Waals surface area contributed by atoms with Crippen LogP contribution in [0.1, 0.15) is 38.5 Å². The summed E-state index contributed by atoms with van der Waals surface area (Å²) in [6, 6.07) is 0.000911. The van der Waals surface area contributed by atoms with E-state index in [0.717, 1.165) is 31.6 Å². The number of nitrogens with zero attached hydrogens (tertiary/aromatic N) is 2. The number of carbonyl (C=O) groups is 2. The minimum atomic E-state index is -0.0648. The summed E-state index contributed by atoms with van der Waals surface area (Å²) in [6.07, 6.45) is 16.2. The Balaban J connectivity index is 1.17. The Labute approximate surface area is 179 Å². The molecule has 3 atom stereocenters. The number of allylic oxidation sites excluding steroid dienone is 1. The molecule has 2 unspecified atom stereocenters. The second-order valence-corrected chi connectivity index (χ2v) is 8.91. The molecule has 3 N–H and O–H groups in total. The zero-order valence-electron chi connectivity index (χ0n) is 17.7. The normalized spacial score (nSPS) is 29.2. The van der Waals surface area contributed by atoms with Crippen molar-refractivity contribution < 1.29 is 14.3 Å². The molecule has 0 spiro atoms. The fraction of sp³-hybridized carbons (Fsp3) is 0.652. The number of carbonyl (C=O) groups excluding carboxylic acids is 2. The zero-order chi connectivity index (χ0) is 20.9. The first-order valence-corrected chi connectivity index (χ1v) is 11.4. The molecular formula is C23H34N4O3. The van der Waals surface area contributed by atoms with E-state index in [9.17, 15) is 9.59 Å². The van der Waals surface area contributed by atoms with Crippen LogP contribution in [-0.2, 0) is 9.53 Å². The Morgan fingerprint density at radius 1 is 1.03 bits per heavy atom. The Bertz CT molecular complexity index is 720. The lowest BCUT2D eigenvalue weighted by Crippen LogP contribution is -2.55. The Morgan fingerprint density at radius 2 is 1.80 bits per heavy atom. The highest BCUT2D eigenvalue weighted by Gasteiger charge is 2.29. The molecule has 0 bridgehead atoms. The van der Waals surface area contributed by atoms with Gasteiger partial charge >= 0.3 is 6.03 Å². The zero-order valence-corrected chi connectivity index (χ0v) is 17.7. The van der Waals surface area contributed by atoms with Crippen LogP contribution in [0.4, 0.5) is 4.79 Å². The predicted octanol–water partition coefficient (Wildman–Crippen LogP) is 2.16. The maximum atomic E-state index is 12.7. The number of hydrogen-bond acceptors (Lipinski definition) is 4. The summed E-state index contributed by atoms with van der Waals surface area (Å²) < 4.78 is 5.85. The van der Waals surface area contributed by atoms with Crippen molar-refractivity contribution >= 4 is 11.9 Å². The van der Waals surface area contributed by atoms with E-state index in [4.69, 9.17) is 10.5 Å². The quantitative estimate of drug-likeness (QED) is 0.675. The molecule has 0 radical (unpaired) electrons. The molecule has 1 saturated carbocycles. The number of urea groups is 1. The highest BCUT2D eigenvalue weighted by molar-refractivity contribution is 5.81. The summed E-state index contributed by atoms with van der Waals surface area (Å²) >= 11 is 0. The molecule has 0 aromatic heterocycles. The van der Waals surface area contributed by atoms with Crippen molar-refractivity contribution in [2.45, 2.75) is 50.6 Å². The first kappa shape index (κ1) is 21.0. The Morgan fingerprint density at radius 3 is 2.40 bits per heavy atom. The van der Waals surface area contributed by atoms with Gasteiger partial charge in [0.05, 0.1) is 18.6 Å². The van der Waals surface area contributed by atoms with Crippen LogP contribution in [0.3, 0.4) is 0 Å². The summed E-state index contributed by atoms with van der Waals surface area (Å²) in [5, 5.41) is 3.08. The third-order valence-corrected chi connectivity index (χ3v) is 6.68. The largest absolute Gasteiger partial charge is 0.494 e. The number of amides is 3. The predicted molar refractivity (Wildman–Crippen MR) is 115 cm³/mol. The lowest BCUT2D eigenvalue weighted by molar-refractivity contribution is -0.135. The van der Waals surface area contributed by atoms with Crippen LogP contribution in [0.25, 0.3) is 0 Å². The SMILES string of the molecule is N[C@@H]1C=CC(C(=O)N2CCN(C(=O)NC3C=CC(OCC4CCC4)=CC3)CC2)CC1. The smallest absolute Gasteiger partial charge is 0.317 e. The second kappa shape index (κ2) is 9.69. The molecule has 2 fully saturated rings. The average molecular weight is 415 g/mol. The fourth-order valence-corrected chi connectivity index (χ4v) is 4.35. The maximum absolute atomic E-state index is 12.7. The molecule has 1 saturated heterocycles. The van der Waals surface area contributed by atoms with Gasteiger partial charge in [0.15, 0.2) is 0 Å². The van der Waals surface area contributed by atoms with Gasteiger partial charge in [0.2, 0.25) is 5.91 Å². The number of hydrogen-bond donors (Lipinski definition) is 2. The van der Waals surface area contributed by atoms with Crippen LogP contribution >= 0.6 is 0 Å². The minimum Gasteiger partial charge on any atom is -0.494 e. The van der Waals surface area contributed by atoms with E-state index >= 15 is 0 Å². The van der Waals surface area contributed by atoms with Gasteiger partial charge in [-0.25, -0.2) is 4.79 Å². The second-order valence-electron chi connectivity index (χ2n) is 8.91. The van der Waals surface area contributed by atoms with Crippen LogP contribution in [0.15, 0.2) is 36.1 Å². The molecule has 0 aromatic rings. The van der Waals surface area contributed by atoms with Gasteiger partial charge < -0.3 is 25.6 Å². The van der Waals surface area contributed by atoms with E-state index < -0.39 is 0 Å². The van der Waals surface area contributed by atoms with Gasteiger partial charge in [-0.15, -0.1) is 0 Å². The standard InChI is InChI=1S/C23H34N4O3/c24-19-6-4-18(5-7-19)22(28)26-12-14-27(15-13-26)23(29)25-20-8-10-21(11-9-20)30-16-17-2-1-3-17/h4,6,8,10-11,17-20H,1-3,5,7,9,12-16,24H2,(H,25,29)/t18?,19-,20?/m1/s1. The van der Waals surface area contributed by atoms with E-state index in [1.165, 1.54) is 19.3 Å². The molecule has 164 valence electrons. The van der Waals surface area contributed by atoms with Crippen molar-refractivity contribution in [2.75, 3.05) is 32.8 Å². The summed E-state index contributed by atoms with van der Waals surface area (Å²) in [6.45, 7) is 3.11. The van der Waals surface area contributed by atoms with Crippen LogP contribution in [0.2, 0.25) is 0 Å². The number of rotatable bonds is 5. The fourth-order valence-electron chi connectivity index (χ4n) is 4.35. The number of nitrogens with one attached hydrogen (secondary N) is 1. The van der Waals surface area contributed by atoms with Gasteiger partial charge in [-0.3, -0.25) is 4.79 Å². The van der Waals surface area contributed by atoms with E-state index in [1.54, 1.807) is 4.90 Å². The molecule has 30 heavy (non-hydrogen) atoms. The summed E-state index contributed by atoms with van der Waals surface area (Å²) in [5.41, 5.74) is 5.87. The lowest BCUT2D eigenvalue weighted by Gasteiger charge is -2.37. The van der Waals surface area contributed by atoms with E-state index in [-0.39, 0.29) is 29.9 Å². The molecule has 7 nitrogen and oxygen atoms in total.